The van der Waals surface area contributed by atoms with E-state index in [1.54, 1.807) is 0 Å². The topological polar surface area (TPSA) is 92.5 Å². The Hall–Kier alpha value is -1.66. The molecule has 0 aliphatic rings. The van der Waals surface area contributed by atoms with Crippen molar-refractivity contribution in [3.63, 3.8) is 0 Å². The van der Waals surface area contributed by atoms with E-state index in [9.17, 15) is 14.9 Å². The van der Waals surface area contributed by atoms with Crippen LogP contribution in [0.4, 0.5) is 11.4 Å². The molecule has 0 saturated carbocycles. The SMILES string of the molecule is O=C(CCCO)Nc1ccc(Cl)c([N+](=O)[O-])c1. The molecule has 1 amide bonds. The van der Waals surface area contributed by atoms with Gasteiger partial charge in [-0.25, -0.2) is 0 Å². The molecule has 0 atom stereocenters. The molecule has 0 radical (unpaired) electrons. The summed E-state index contributed by atoms with van der Waals surface area (Å²) in [5.74, 6) is -0.310. The number of aliphatic hydroxyl groups excluding tert-OH is 1. The Morgan fingerprint density at radius 1 is 1.53 bits per heavy atom. The molecule has 0 unspecified atom stereocenters. The minimum Gasteiger partial charge on any atom is -0.396 e. The summed E-state index contributed by atoms with van der Waals surface area (Å²) in [6.07, 6.45) is 0.508. The van der Waals surface area contributed by atoms with E-state index in [2.05, 4.69) is 5.32 Å². The van der Waals surface area contributed by atoms with Crippen molar-refractivity contribution in [2.24, 2.45) is 0 Å². The van der Waals surface area contributed by atoms with Crippen molar-refractivity contribution in [2.45, 2.75) is 12.8 Å². The van der Waals surface area contributed by atoms with E-state index in [0.29, 0.717) is 12.1 Å². The van der Waals surface area contributed by atoms with Gasteiger partial charge in [-0.2, -0.15) is 0 Å². The van der Waals surface area contributed by atoms with Crippen LogP contribution in [0.25, 0.3) is 0 Å². The van der Waals surface area contributed by atoms with Crippen LogP contribution in [-0.4, -0.2) is 22.5 Å². The van der Waals surface area contributed by atoms with Crippen molar-refractivity contribution in [1.82, 2.24) is 0 Å². The van der Waals surface area contributed by atoms with E-state index in [-0.39, 0.29) is 29.6 Å². The van der Waals surface area contributed by atoms with Crippen molar-refractivity contribution in [2.75, 3.05) is 11.9 Å². The van der Waals surface area contributed by atoms with Crippen LogP contribution >= 0.6 is 11.6 Å². The molecule has 0 bridgehead atoms. The molecule has 1 aromatic carbocycles. The molecule has 2 N–H and O–H groups in total. The second kappa shape index (κ2) is 6.17. The molecule has 17 heavy (non-hydrogen) atoms. The Kier molecular flexibility index (Phi) is 4.86. The second-order valence-corrected chi connectivity index (χ2v) is 3.71. The monoisotopic (exact) mass is 258 g/mol. The van der Waals surface area contributed by atoms with Crippen LogP contribution in [0.1, 0.15) is 12.8 Å². The molecule has 92 valence electrons. The summed E-state index contributed by atoms with van der Waals surface area (Å²) in [6, 6.07) is 4.02. The van der Waals surface area contributed by atoms with Crippen molar-refractivity contribution in [1.29, 1.82) is 0 Å². The minimum atomic E-state index is -0.619. The number of aliphatic hydroxyl groups is 1. The summed E-state index contributed by atoms with van der Waals surface area (Å²) < 4.78 is 0. The number of nitro benzene ring substituents is 1. The summed E-state index contributed by atoms with van der Waals surface area (Å²) in [5, 5.41) is 21.7. The van der Waals surface area contributed by atoms with Gasteiger partial charge >= 0.3 is 0 Å². The third-order valence-electron chi connectivity index (χ3n) is 1.99. The highest BCUT2D eigenvalue weighted by Crippen LogP contribution is 2.27. The number of halogens is 1. The highest BCUT2D eigenvalue weighted by atomic mass is 35.5. The zero-order valence-corrected chi connectivity index (χ0v) is 9.61. The predicted molar refractivity (Wildman–Crippen MR) is 63.1 cm³/mol. The Bertz CT molecular complexity index is 436. The normalized spacial score (nSPS) is 10.0. The van der Waals surface area contributed by atoms with Crippen molar-refractivity contribution in [3.05, 3.63) is 33.3 Å². The number of amides is 1. The zero-order chi connectivity index (χ0) is 12.8. The van der Waals surface area contributed by atoms with Gasteiger partial charge in [0, 0.05) is 24.8 Å². The molecule has 0 aliphatic carbocycles. The number of benzene rings is 1. The number of nitrogens with zero attached hydrogens (tertiary/aromatic N) is 1. The maximum Gasteiger partial charge on any atom is 0.289 e. The molecular weight excluding hydrogens is 248 g/mol. The van der Waals surface area contributed by atoms with Gasteiger partial charge in [-0.3, -0.25) is 14.9 Å². The summed E-state index contributed by atoms with van der Waals surface area (Å²) in [6.45, 7) is -0.0752. The maximum atomic E-state index is 11.3. The van der Waals surface area contributed by atoms with Gasteiger partial charge in [-0.15, -0.1) is 0 Å². The van der Waals surface area contributed by atoms with E-state index < -0.39 is 4.92 Å². The van der Waals surface area contributed by atoms with Crippen molar-refractivity contribution in [3.8, 4) is 0 Å². The highest BCUT2D eigenvalue weighted by Gasteiger charge is 2.13. The first-order valence-electron chi connectivity index (χ1n) is 4.89. The molecule has 0 fully saturated rings. The molecule has 0 spiro atoms. The fourth-order valence-electron chi connectivity index (χ4n) is 1.19. The number of hydrogen-bond acceptors (Lipinski definition) is 4. The smallest absolute Gasteiger partial charge is 0.289 e. The lowest BCUT2D eigenvalue weighted by Crippen LogP contribution is -2.11. The largest absolute Gasteiger partial charge is 0.396 e. The van der Waals surface area contributed by atoms with E-state index in [4.69, 9.17) is 16.7 Å². The summed E-state index contributed by atoms with van der Waals surface area (Å²) >= 11 is 5.62. The third-order valence-corrected chi connectivity index (χ3v) is 2.31. The number of nitro groups is 1. The van der Waals surface area contributed by atoms with Gasteiger partial charge in [-0.05, 0) is 18.6 Å². The second-order valence-electron chi connectivity index (χ2n) is 3.30. The van der Waals surface area contributed by atoms with E-state index in [0.717, 1.165) is 0 Å². The van der Waals surface area contributed by atoms with E-state index in [1.807, 2.05) is 0 Å². The van der Waals surface area contributed by atoms with Crippen LogP contribution in [0.3, 0.4) is 0 Å². The first-order chi connectivity index (χ1) is 8.04. The van der Waals surface area contributed by atoms with Crippen LogP contribution in [-0.2, 0) is 4.79 Å². The lowest BCUT2D eigenvalue weighted by atomic mass is 10.2. The molecule has 1 aromatic rings. The molecule has 0 heterocycles. The molecule has 0 saturated heterocycles. The van der Waals surface area contributed by atoms with E-state index in [1.165, 1.54) is 18.2 Å². The van der Waals surface area contributed by atoms with Gasteiger partial charge in [0.1, 0.15) is 5.02 Å². The molecule has 7 heteroatoms. The summed E-state index contributed by atoms with van der Waals surface area (Å²) in [7, 11) is 0. The van der Waals surface area contributed by atoms with Gasteiger partial charge in [0.25, 0.3) is 5.69 Å². The first-order valence-corrected chi connectivity index (χ1v) is 5.27. The fourth-order valence-corrected chi connectivity index (χ4v) is 1.38. The van der Waals surface area contributed by atoms with E-state index >= 15 is 0 Å². The van der Waals surface area contributed by atoms with Gasteiger partial charge in [-0.1, -0.05) is 11.6 Å². The Balaban J connectivity index is 2.75. The molecule has 1 rings (SSSR count). The van der Waals surface area contributed by atoms with Crippen LogP contribution in [0.5, 0.6) is 0 Å². The third kappa shape index (κ3) is 4.01. The van der Waals surface area contributed by atoms with Crippen molar-refractivity contribution >= 4 is 28.9 Å². The Morgan fingerprint density at radius 2 is 2.24 bits per heavy atom. The first kappa shape index (κ1) is 13.4. The van der Waals surface area contributed by atoms with Crippen LogP contribution in [0.15, 0.2) is 18.2 Å². The van der Waals surface area contributed by atoms with Gasteiger partial charge in [0.05, 0.1) is 4.92 Å². The van der Waals surface area contributed by atoms with Crippen molar-refractivity contribution < 1.29 is 14.8 Å². The maximum absolute atomic E-state index is 11.3. The number of rotatable bonds is 5. The quantitative estimate of drug-likeness (QED) is 0.624. The number of nitrogens with one attached hydrogen (secondary N) is 1. The number of anilines is 1. The zero-order valence-electron chi connectivity index (χ0n) is 8.85. The average molecular weight is 259 g/mol. The lowest BCUT2D eigenvalue weighted by Gasteiger charge is -2.04. The lowest BCUT2D eigenvalue weighted by molar-refractivity contribution is -0.384. The van der Waals surface area contributed by atoms with Gasteiger partial charge in [0.2, 0.25) is 5.91 Å². The van der Waals surface area contributed by atoms with Gasteiger partial charge in [0.15, 0.2) is 0 Å². The van der Waals surface area contributed by atoms with Crippen LogP contribution in [0, 0.1) is 10.1 Å². The van der Waals surface area contributed by atoms with Gasteiger partial charge < -0.3 is 10.4 Å². The molecular formula is C10H11ClN2O4. The van der Waals surface area contributed by atoms with Crippen LogP contribution in [0.2, 0.25) is 5.02 Å². The predicted octanol–water partition coefficient (Wildman–Crippen LogP) is 1.96. The molecule has 6 nitrogen and oxygen atoms in total. The standard InChI is InChI=1S/C10H11ClN2O4/c11-8-4-3-7(6-9(8)13(16)17)12-10(15)2-1-5-14/h3-4,6,14H,1-2,5H2,(H,12,15). The summed E-state index contributed by atoms with van der Waals surface area (Å²) in [4.78, 5) is 21.3. The van der Waals surface area contributed by atoms with Crippen LogP contribution < -0.4 is 5.32 Å². The minimum absolute atomic E-state index is 0.0170. The number of hydrogen-bond donors (Lipinski definition) is 2. The number of carbonyl (C=O) groups excluding carboxylic acids is 1. The average Bonchev–Trinajstić information content (AvgIpc) is 2.28. The fraction of sp³-hybridized carbons (Fsp3) is 0.300. The summed E-state index contributed by atoms with van der Waals surface area (Å²) in [5.41, 5.74) is 0.0515. The molecule has 0 aromatic heterocycles. The highest BCUT2D eigenvalue weighted by molar-refractivity contribution is 6.32. The number of carbonyl (C=O) groups is 1. The Labute approximate surface area is 102 Å². The Morgan fingerprint density at radius 3 is 2.82 bits per heavy atom. The molecule has 0 aliphatic heterocycles.